The molecule has 1 unspecified atom stereocenters. The van der Waals surface area contributed by atoms with Crippen molar-refractivity contribution in [2.45, 2.75) is 17.4 Å². The number of carbonyl (C=O) groups excluding carboxylic acids is 1. The molecular formula is C17H15N3O3S. The molecule has 1 aliphatic heterocycles. The third kappa shape index (κ3) is 2.37. The van der Waals surface area contributed by atoms with Gasteiger partial charge in [-0.25, -0.2) is 8.42 Å². The first-order valence-corrected chi connectivity index (χ1v) is 9.27. The summed E-state index contributed by atoms with van der Waals surface area (Å²) in [6.45, 7) is 0. The third-order valence-corrected chi connectivity index (χ3v) is 6.11. The molecule has 6 nitrogen and oxygen atoms in total. The summed E-state index contributed by atoms with van der Waals surface area (Å²) in [6.07, 6.45) is 0.355. The summed E-state index contributed by atoms with van der Waals surface area (Å²) < 4.78 is 24.4. The van der Waals surface area contributed by atoms with Gasteiger partial charge in [-0.05, 0) is 24.1 Å². The summed E-state index contributed by atoms with van der Waals surface area (Å²) in [7, 11) is -3.27. The second-order valence-electron chi connectivity index (χ2n) is 5.79. The monoisotopic (exact) mass is 341 g/mol. The number of fused-ring (bicyclic) bond motifs is 2. The fraction of sp³-hybridized carbons (Fsp3) is 0.176. The number of H-pyrrole nitrogens is 1. The smallest absolute Gasteiger partial charge is 0.272 e. The highest BCUT2D eigenvalue weighted by Gasteiger charge is 2.31. The lowest BCUT2D eigenvalue weighted by Gasteiger charge is -2.26. The van der Waals surface area contributed by atoms with Crippen molar-refractivity contribution in [1.29, 1.82) is 0 Å². The van der Waals surface area contributed by atoms with Crippen LogP contribution in [0.25, 0.3) is 10.9 Å². The van der Waals surface area contributed by atoms with Gasteiger partial charge in [0.15, 0.2) is 15.5 Å². The van der Waals surface area contributed by atoms with Crippen LogP contribution in [0.3, 0.4) is 0 Å². The zero-order chi connectivity index (χ0) is 16.7. The number of hydrogen-bond donors (Lipinski definition) is 2. The Morgan fingerprint density at radius 3 is 2.75 bits per heavy atom. The van der Waals surface area contributed by atoms with E-state index in [4.69, 9.17) is 0 Å². The molecule has 0 spiro atoms. The lowest BCUT2D eigenvalue weighted by molar-refractivity contribution is 0.0931. The van der Waals surface area contributed by atoms with Gasteiger partial charge in [-0.2, -0.15) is 5.10 Å². The van der Waals surface area contributed by atoms with Crippen molar-refractivity contribution in [3.05, 3.63) is 59.8 Å². The van der Waals surface area contributed by atoms with Crippen molar-refractivity contribution in [1.82, 2.24) is 15.5 Å². The van der Waals surface area contributed by atoms with Gasteiger partial charge < -0.3 is 5.32 Å². The Morgan fingerprint density at radius 1 is 1.12 bits per heavy atom. The van der Waals surface area contributed by atoms with Gasteiger partial charge in [0.2, 0.25) is 0 Å². The minimum absolute atomic E-state index is 0.0241. The SMILES string of the molecule is O=C(NC1CCS(=O)(=O)c2ccccc21)c1n[nH]c2ccccc12. The molecule has 0 bridgehead atoms. The van der Waals surface area contributed by atoms with Crippen molar-refractivity contribution < 1.29 is 13.2 Å². The highest BCUT2D eigenvalue weighted by molar-refractivity contribution is 7.91. The Hall–Kier alpha value is -2.67. The van der Waals surface area contributed by atoms with E-state index in [0.29, 0.717) is 22.6 Å². The minimum atomic E-state index is -3.27. The summed E-state index contributed by atoms with van der Waals surface area (Å²) >= 11 is 0. The van der Waals surface area contributed by atoms with E-state index in [1.807, 2.05) is 24.3 Å². The second-order valence-corrected chi connectivity index (χ2v) is 7.87. The van der Waals surface area contributed by atoms with Gasteiger partial charge in [0, 0.05) is 5.39 Å². The van der Waals surface area contributed by atoms with Gasteiger partial charge in [-0.15, -0.1) is 0 Å². The molecule has 122 valence electrons. The average molecular weight is 341 g/mol. The molecule has 1 aromatic heterocycles. The minimum Gasteiger partial charge on any atom is -0.344 e. The fourth-order valence-corrected chi connectivity index (χ4v) is 4.72. The van der Waals surface area contributed by atoms with Crippen molar-refractivity contribution in [2.75, 3.05) is 5.75 Å². The first-order valence-electron chi connectivity index (χ1n) is 7.62. The lowest BCUT2D eigenvalue weighted by Crippen LogP contribution is -2.34. The first kappa shape index (κ1) is 14.9. The Balaban J connectivity index is 1.68. The topological polar surface area (TPSA) is 91.9 Å². The highest BCUT2D eigenvalue weighted by atomic mass is 32.2. The predicted molar refractivity (Wildman–Crippen MR) is 89.4 cm³/mol. The maximum Gasteiger partial charge on any atom is 0.272 e. The molecule has 3 aromatic rings. The van der Waals surface area contributed by atoms with Crippen LogP contribution < -0.4 is 5.32 Å². The van der Waals surface area contributed by atoms with Crippen molar-refractivity contribution >= 4 is 26.6 Å². The average Bonchev–Trinajstić information content (AvgIpc) is 3.02. The van der Waals surface area contributed by atoms with Gasteiger partial charge in [-0.3, -0.25) is 9.89 Å². The van der Waals surface area contributed by atoms with E-state index in [9.17, 15) is 13.2 Å². The number of aromatic amines is 1. The van der Waals surface area contributed by atoms with Gasteiger partial charge in [0.05, 0.1) is 22.2 Å². The van der Waals surface area contributed by atoms with Crippen LogP contribution >= 0.6 is 0 Å². The molecule has 0 aliphatic carbocycles. The number of nitrogens with zero attached hydrogens (tertiary/aromatic N) is 1. The molecular weight excluding hydrogens is 326 g/mol. The Kier molecular flexibility index (Phi) is 3.38. The van der Waals surface area contributed by atoms with Gasteiger partial charge in [0.1, 0.15) is 0 Å². The predicted octanol–water partition coefficient (Wildman–Crippen LogP) is 2.21. The molecule has 2 N–H and O–H groups in total. The maximum atomic E-state index is 12.6. The molecule has 0 fully saturated rings. The number of amides is 1. The molecule has 1 amide bonds. The van der Waals surface area contributed by atoms with Gasteiger partial charge >= 0.3 is 0 Å². The highest BCUT2D eigenvalue weighted by Crippen LogP contribution is 2.32. The third-order valence-electron chi connectivity index (χ3n) is 4.30. The molecule has 1 aliphatic rings. The normalized spacial score (nSPS) is 18.9. The van der Waals surface area contributed by atoms with E-state index in [1.165, 1.54) is 0 Å². The van der Waals surface area contributed by atoms with E-state index in [2.05, 4.69) is 15.5 Å². The largest absolute Gasteiger partial charge is 0.344 e. The number of para-hydroxylation sites is 1. The number of sulfone groups is 1. The summed E-state index contributed by atoms with van der Waals surface area (Å²) in [5, 5.41) is 10.6. The van der Waals surface area contributed by atoms with E-state index in [1.54, 1.807) is 24.3 Å². The van der Waals surface area contributed by atoms with Crippen molar-refractivity contribution in [3.63, 3.8) is 0 Å². The molecule has 1 atom stereocenters. The van der Waals surface area contributed by atoms with Crippen LogP contribution in [0, 0.1) is 0 Å². The maximum absolute atomic E-state index is 12.6. The Labute approximate surface area is 138 Å². The molecule has 2 heterocycles. The second kappa shape index (κ2) is 5.45. The van der Waals surface area contributed by atoms with E-state index >= 15 is 0 Å². The fourth-order valence-electron chi connectivity index (χ4n) is 3.10. The van der Waals surface area contributed by atoms with Crippen LogP contribution in [0.4, 0.5) is 0 Å². The molecule has 2 aromatic carbocycles. The van der Waals surface area contributed by atoms with Crippen LogP contribution in [0.1, 0.15) is 28.5 Å². The standard InChI is InChI=1S/C17H15N3O3S/c21-17(16-12-6-1-3-7-14(12)19-20-16)18-13-9-10-24(22,23)15-8-4-2-5-11(13)15/h1-8,13H,9-10H2,(H,18,21)(H,19,20). The summed E-state index contributed by atoms with van der Waals surface area (Å²) in [4.78, 5) is 12.9. The van der Waals surface area contributed by atoms with Crippen LogP contribution in [-0.2, 0) is 9.84 Å². The molecule has 24 heavy (non-hydrogen) atoms. The zero-order valence-corrected chi connectivity index (χ0v) is 13.5. The lowest BCUT2D eigenvalue weighted by atomic mass is 10.0. The number of hydrogen-bond acceptors (Lipinski definition) is 4. The molecule has 4 rings (SSSR count). The number of rotatable bonds is 2. The van der Waals surface area contributed by atoms with Crippen molar-refractivity contribution in [2.24, 2.45) is 0 Å². The summed E-state index contributed by atoms with van der Waals surface area (Å²) in [5.74, 6) is -0.289. The van der Waals surface area contributed by atoms with Crippen molar-refractivity contribution in [3.8, 4) is 0 Å². The van der Waals surface area contributed by atoms with Crippen LogP contribution in [0.5, 0.6) is 0 Å². The van der Waals surface area contributed by atoms with E-state index in [-0.39, 0.29) is 17.7 Å². The summed E-state index contributed by atoms with van der Waals surface area (Å²) in [5.41, 5.74) is 1.74. The first-order chi connectivity index (χ1) is 11.6. The Morgan fingerprint density at radius 2 is 1.88 bits per heavy atom. The Bertz CT molecular complexity index is 1040. The van der Waals surface area contributed by atoms with Crippen LogP contribution in [-0.4, -0.2) is 30.3 Å². The van der Waals surface area contributed by atoms with E-state index < -0.39 is 9.84 Å². The van der Waals surface area contributed by atoms with Crippen LogP contribution in [0.2, 0.25) is 0 Å². The molecule has 0 radical (unpaired) electrons. The molecule has 0 saturated carbocycles. The summed E-state index contributed by atoms with van der Waals surface area (Å²) in [6, 6.07) is 13.9. The zero-order valence-electron chi connectivity index (χ0n) is 12.7. The van der Waals surface area contributed by atoms with Gasteiger partial charge in [0.25, 0.3) is 5.91 Å². The van der Waals surface area contributed by atoms with E-state index in [0.717, 1.165) is 10.9 Å². The van der Waals surface area contributed by atoms with Crippen LogP contribution in [0.15, 0.2) is 53.4 Å². The number of benzene rings is 2. The number of carbonyl (C=O) groups is 1. The molecule has 0 saturated heterocycles. The number of nitrogens with one attached hydrogen (secondary N) is 2. The van der Waals surface area contributed by atoms with Gasteiger partial charge in [-0.1, -0.05) is 36.4 Å². The quantitative estimate of drug-likeness (QED) is 0.747. The molecule has 7 heteroatoms. The number of aromatic nitrogens is 2.